The Morgan fingerprint density at radius 3 is 2.33 bits per heavy atom. The van der Waals surface area contributed by atoms with Gasteiger partial charge in [0.2, 0.25) is 0 Å². The molecule has 0 aliphatic carbocycles. The molecule has 3 rings (SSSR count). The molecule has 2 bridgehead atoms. The Morgan fingerprint density at radius 1 is 1.17 bits per heavy atom. The molecule has 1 aromatic rings. The number of fused-ring (bicyclic) bond motifs is 2. The number of carboxylic acid groups (broad SMARTS) is 1. The number of hydrogen-bond acceptors (Lipinski definition) is 3. The van der Waals surface area contributed by atoms with Crippen molar-refractivity contribution >= 4 is 12.1 Å². The van der Waals surface area contributed by atoms with E-state index >= 15 is 0 Å². The van der Waals surface area contributed by atoms with E-state index < -0.39 is 42.2 Å². The standard InChI is InChI=1S/C16H16F3NO4/c17-16(18,19)13-11-7-6-10(12(13)14(21)22)20(11)15(23)24-8-9-4-2-1-3-5-9/h1-5,10-13H,6-8H2,(H,21,22)/t10-,11+,12-,13+/m0/s1. The van der Waals surface area contributed by atoms with E-state index in [1.165, 1.54) is 0 Å². The molecule has 4 atom stereocenters. The van der Waals surface area contributed by atoms with Crippen LogP contribution in [0.2, 0.25) is 0 Å². The minimum Gasteiger partial charge on any atom is -0.481 e. The Labute approximate surface area is 136 Å². The molecule has 8 heteroatoms. The van der Waals surface area contributed by atoms with Crippen LogP contribution in [0.5, 0.6) is 0 Å². The number of alkyl halides is 3. The van der Waals surface area contributed by atoms with Gasteiger partial charge in [-0.05, 0) is 18.4 Å². The Bertz CT molecular complexity index is 634. The molecule has 1 N–H and O–H groups in total. The van der Waals surface area contributed by atoms with Gasteiger partial charge in [0, 0.05) is 12.1 Å². The number of halogens is 3. The highest BCUT2D eigenvalue weighted by molar-refractivity contribution is 5.77. The zero-order chi connectivity index (χ0) is 17.5. The van der Waals surface area contributed by atoms with E-state index in [1.807, 2.05) is 0 Å². The van der Waals surface area contributed by atoms with Gasteiger partial charge in [0.05, 0.1) is 11.8 Å². The summed E-state index contributed by atoms with van der Waals surface area (Å²) in [7, 11) is 0. The average molecular weight is 343 g/mol. The number of carboxylic acids is 1. The highest BCUT2D eigenvalue weighted by Crippen LogP contribution is 2.52. The van der Waals surface area contributed by atoms with Crippen LogP contribution in [-0.2, 0) is 16.1 Å². The van der Waals surface area contributed by atoms with Crippen molar-refractivity contribution in [2.24, 2.45) is 11.8 Å². The summed E-state index contributed by atoms with van der Waals surface area (Å²) in [5, 5.41) is 9.20. The van der Waals surface area contributed by atoms with Crippen molar-refractivity contribution in [3.63, 3.8) is 0 Å². The molecule has 0 saturated carbocycles. The van der Waals surface area contributed by atoms with Gasteiger partial charge < -0.3 is 14.7 Å². The van der Waals surface area contributed by atoms with E-state index in [1.54, 1.807) is 30.3 Å². The van der Waals surface area contributed by atoms with Gasteiger partial charge >= 0.3 is 18.2 Å². The maximum atomic E-state index is 13.3. The van der Waals surface area contributed by atoms with Gasteiger partial charge in [0.1, 0.15) is 6.61 Å². The van der Waals surface area contributed by atoms with Gasteiger partial charge in [-0.15, -0.1) is 0 Å². The van der Waals surface area contributed by atoms with Gasteiger partial charge in [-0.2, -0.15) is 13.2 Å². The minimum atomic E-state index is -4.67. The summed E-state index contributed by atoms with van der Waals surface area (Å²) in [5.74, 6) is -5.20. The summed E-state index contributed by atoms with van der Waals surface area (Å²) in [6.45, 7) is -0.0654. The third kappa shape index (κ3) is 2.81. The van der Waals surface area contributed by atoms with E-state index in [4.69, 9.17) is 4.74 Å². The Balaban J connectivity index is 1.76. The van der Waals surface area contributed by atoms with Gasteiger partial charge in [0.25, 0.3) is 0 Å². The van der Waals surface area contributed by atoms with Crippen molar-refractivity contribution in [1.82, 2.24) is 4.90 Å². The lowest BCUT2D eigenvalue weighted by molar-refractivity contribution is -0.199. The zero-order valence-electron chi connectivity index (χ0n) is 12.6. The first-order valence-corrected chi connectivity index (χ1v) is 7.59. The zero-order valence-corrected chi connectivity index (χ0v) is 12.6. The molecule has 2 aliphatic heterocycles. The predicted octanol–water partition coefficient (Wildman–Crippen LogP) is 3.05. The molecule has 0 spiro atoms. The summed E-state index contributed by atoms with van der Waals surface area (Å²) in [6, 6.07) is 6.61. The molecule has 0 aromatic heterocycles. The van der Waals surface area contributed by atoms with E-state index in [-0.39, 0.29) is 19.4 Å². The molecule has 1 aromatic carbocycles. The minimum absolute atomic E-state index is 0.0654. The first kappa shape index (κ1) is 16.6. The summed E-state index contributed by atoms with van der Waals surface area (Å²) < 4.78 is 44.9. The lowest BCUT2D eigenvalue weighted by Crippen LogP contribution is -2.42. The van der Waals surface area contributed by atoms with Crippen molar-refractivity contribution in [2.45, 2.75) is 37.7 Å². The van der Waals surface area contributed by atoms with E-state index in [0.29, 0.717) is 5.56 Å². The van der Waals surface area contributed by atoms with Crippen LogP contribution in [0.3, 0.4) is 0 Å². The summed E-state index contributed by atoms with van der Waals surface area (Å²) >= 11 is 0. The number of benzene rings is 1. The van der Waals surface area contributed by atoms with Crippen LogP contribution in [0.25, 0.3) is 0 Å². The van der Waals surface area contributed by atoms with Crippen LogP contribution >= 0.6 is 0 Å². The third-order valence-corrected chi connectivity index (χ3v) is 4.77. The van der Waals surface area contributed by atoms with Crippen molar-refractivity contribution in [1.29, 1.82) is 0 Å². The molecule has 5 nitrogen and oxygen atoms in total. The van der Waals surface area contributed by atoms with Crippen LogP contribution in [-0.4, -0.2) is 40.3 Å². The summed E-state index contributed by atoms with van der Waals surface area (Å²) in [5.41, 5.74) is 0.708. The molecule has 2 aliphatic rings. The number of carbonyl (C=O) groups is 2. The second-order valence-corrected chi connectivity index (χ2v) is 6.09. The van der Waals surface area contributed by atoms with Crippen molar-refractivity contribution < 1.29 is 32.6 Å². The Hall–Kier alpha value is -2.25. The number of rotatable bonds is 3. The SMILES string of the molecule is O=C(O)[C@@H]1[C@H](C(F)(F)F)[C@H]2CC[C@@H]1N2C(=O)OCc1ccccc1. The first-order valence-electron chi connectivity index (χ1n) is 7.59. The first-order chi connectivity index (χ1) is 11.3. The predicted molar refractivity (Wildman–Crippen MR) is 75.9 cm³/mol. The highest BCUT2D eigenvalue weighted by atomic mass is 19.4. The fraction of sp³-hybridized carbons (Fsp3) is 0.500. The van der Waals surface area contributed by atoms with Crippen molar-refractivity contribution in [3.05, 3.63) is 35.9 Å². The molecule has 24 heavy (non-hydrogen) atoms. The highest BCUT2D eigenvalue weighted by Gasteiger charge is 2.66. The van der Waals surface area contributed by atoms with Crippen LogP contribution in [0.1, 0.15) is 18.4 Å². The van der Waals surface area contributed by atoms with Gasteiger partial charge in [-0.1, -0.05) is 30.3 Å². The molecule has 0 unspecified atom stereocenters. The molecule has 1 amide bonds. The molecule has 2 saturated heterocycles. The lowest BCUT2D eigenvalue weighted by atomic mass is 9.79. The fourth-order valence-electron chi connectivity index (χ4n) is 3.85. The van der Waals surface area contributed by atoms with Crippen molar-refractivity contribution in [3.8, 4) is 0 Å². The number of carbonyl (C=O) groups excluding carboxylic acids is 1. The van der Waals surface area contributed by atoms with Crippen LogP contribution < -0.4 is 0 Å². The van der Waals surface area contributed by atoms with Gasteiger partial charge in [-0.3, -0.25) is 4.79 Å². The van der Waals surface area contributed by atoms with E-state index in [9.17, 15) is 27.9 Å². The fourth-order valence-corrected chi connectivity index (χ4v) is 3.85. The molecule has 0 radical (unpaired) electrons. The molecular formula is C16H16F3NO4. The number of aliphatic carboxylic acids is 1. The number of nitrogens with zero attached hydrogens (tertiary/aromatic N) is 1. The monoisotopic (exact) mass is 343 g/mol. The second-order valence-electron chi connectivity index (χ2n) is 6.09. The number of ether oxygens (including phenoxy) is 1. The van der Waals surface area contributed by atoms with Crippen LogP contribution in [0.15, 0.2) is 30.3 Å². The van der Waals surface area contributed by atoms with E-state index in [2.05, 4.69) is 0 Å². The molecule has 2 heterocycles. The smallest absolute Gasteiger partial charge is 0.410 e. The lowest BCUT2D eigenvalue weighted by Gasteiger charge is -2.27. The van der Waals surface area contributed by atoms with Crippen LogP contribution in [0, 0.1) is 11.8 Å². The quantitative estimate of drug-likeness (QED) is 0.916. The Morgan fingerprint density at radius 2 is 1.79 bits per heavy atom. The maximum absolute atomic E-state index is 13.3. The summed E-state index contributed by atoms with van der Waals surface area (Å²) in [4.78, 5) is 24.6. The average Bonchev–Trinajstić information content (AvgIpc) is 3.09. The largest absolute Gasteiger partial charge is 0.481 e. The number of hydrogen-bond donors (Lipinski definition) is 1. The normalized spacial score (nSPS) is 28.9. The van der Waals surface area contributed by atoms with E-state index in [0.717, 1.165) is 4.90 Å². The topological polar surface area (TPSA) is 66.8 Å². The van der Waals surface area contributed by atoms with Gasteiger partial charge in [0.15, 0.2) is 0 Å². The molecule has 2 fully saturated rings. The number of amides is 1. The Kier molecular flexibility index (Phi) is 4.15. The van der Waals surface area contributed by atoms with Gasteiger partial charge in [-0.25, -0.2) is 4.79 Å². The molecule has 130 valence electrons. The summed E-state index contributed by atoms with van der Waals surface area (Å²) in [6.07, 6.45) is -5.17. The van der Waals surface area contributed by atoms with Crippen molar-refractivity contribution in [2.75, 3.05) is 0 Å². The third-order valence-electron chi connectivity index (χ3n) is 4.77. The second kappa shape index (κ2) is 5.99. The maximum Gasteiger partial charge on any atom is 0.410 e. The molecular weight excluding hydrogens is 327 g/mol. The van der Waals surface area contributed by atoms with Crippen LogP contribution in [0.4, 0.5) is 18.0 Å².